The van der Waals surface area contributed by atoms with Crippen LogP contribution in [0.5, 0.6) is 0 Å². The van der Waals surface area contributed by atoms with Gasteiger partial charge in [0.1, 0.15) is 19.5 Å². The average Bonchev–Trinajstić information content (AvgIpc) is 2.62. The van der Waals surface area contributed by atoms with Gasteiger partial charge in [-0.05, 0) is 0 Å². The first-order valence-electron chi connectivity index (χ1n) is 4.24. The molecule has 1 atom stereocenters. The van der Waals surface area contributed by atoms with Crippen molar-refractivity contribution in [1.29, 1.82) is 0 Å². The molecule has 0 spiro atoms. The van der Waals surface area contributed by atoms with Gasteiger partial charge in [-0.3, -0.25) is 0 Å². The molecule has 5 nitrogen and oxygen atoms in total. The molecular formula is C8H8F4O5. The summed E-state index contributed by atoms with van der Waals surface area (Å²) < 4.78 is 66.3. The molecule has 1 heterocycles. The van der Waals surface area contributed by atoms with Gasteiger partial charge in [-0.25, -0.2) is 4.79 Å². The van der Waals surface area contributed by atoms with E-state index in [0.29, 0.717) is 7.11 Å². The fraction of sp³-hybridized carbons (Fsp3) is 0.625. The minimum absolute atomic E-state index is 0.157. The van der Waals surface area contributed by atoms with Crippen molar-refractivity contribution in [3.63, 3.8) is 0 Å². The standard InChI is InChI=1S/C8H8F4O5/c1-14-7(9,8(10,11)12)4-15-2-5-3-16-6(13)17-5/h3H,2,4H2,1H3. The second kappa shape index (κ2) is 4.88. The number of rotatable bonds is 5. The Balaban J connectivity index is 2.52. The first-order chi connectivity index (χ1) is 7.78. The highest BCUT2D eigenvalue weighted by molar-refractivity contribution is 4.83. The average molecular weight is 260 g/mol. The van der Waals surface area contributed by atoms with E-state index in [0.717, 1.165) is 6.26 Å². The highest BCUT2D eigenvalue weighted by Gasteiger charge is 2.57. The van der Waals surface area contributed by atoms with Crippen LogP contribution < -0.4 is 5.82 Å². The van der Waals surface area contributed by atoms with E-state index in [1.807, 2.05) is 0 Å². The SMILES string of the molecule is COC(F)(COCc1coc(=O)o1)C(F)(F)F. The minimum atomic E-state index is -5.22. The van der Waals surface area contributed by atoms with Gasteiger partial charge in [0, 0.05) is 7.11 Å². The van der Waals surface area contributed by atoms with E-state index in [-0.39, 0.29) is 5.76 Å². The lowest BCUT2D eigenvalue weighted by Crippen LogP contribution is -2.46. The maximum absolute atomic E-state index is 13.1. The number of methoxy groups -OCH3 is 1. The molecule has 0 saturated heterocycles. The van der Waals surface area contributed by atoms with Crippen molar-refractivity contribution in [2.24, 2.45) is 0 Å². The second-order valence-corrected chi connectivity index (χ2v) is 2.98. The summed E-state index contributed by atoms with van der Waals surface area (Å²) in [7, 11) is 0.564. The Kier molecular flexibility index (Phi) is 3.94. The van der Waals surface area contributed by atoms with E-state index in [9.17, 15) is 22.4 Å². The molecule has 1 rings (SSSR count). The van der Waals surface area contributed by atoms with Crippen molar-refractivity contribution in [2.45, 2.75) is 18.6 Å². The Bertz CT molecular complexity index is 409. The van der Waals surface area contributed by atoms with Gasteiger partial charge in [0.25, 0.3) is 0 Å². The molecule has 1 aromatic rings. The molecule has 0 radical (unpaired) electrons. The smallest absolute Gasteiger partial charge is 0.399 e. The zero-order valence-electron chi connectivity index (χ0n) is 8.54. The minimum Gasteiger partial charge on any atom is -0.399 e. The molecule has 0 aliphatic rings. The number of hydrogen-bond acceptors (Lipinski definition) is 5. The Labute approximate surface area is 91.9 Å². The lowest BCUT2D eigenvalue weighted by atomic mass is 10.3. The van der Waals surface area contributed by atoms with Crippen molar-refractivity contribution < 1.29 is 35.9 Å². The van der Waals surface area contributed by atoms with Gasteiger partial charge in [0.15, 0.2) is 5.76 Å². The summed E-state index contributed by atoms with van der Waals surface area (Å²) in [5, 5.41) is 0. The molecule has 1 unspecified atom stereocenters. The lowest BCUT2D eigenvalue weighted by molar-refractivity contribution is -0.339. The molecule has 0 aromatic carbocycles. The number of ether oxygens (including phenoxy) is 2. The zero-order chi connectivity index (χ0) is 13.1. The first kappa shape index (κ1) is 13.7. The van der Waals surface area contributed by atoms with E-state index in [1.54, 1.807) is 0 Å². The van der Waals surface area contributed by atoms with E-state index in [1.165, 1.54) is 0 Å². The van der Waals surface area contributed by atoms with Gasteiger partial charge >= 0.3 is 17.9 Å². The van der Waals surface area contributed by atoms with Gasteiger partial charge in [-0.15, -0.1) is 0 Å². The highest BCUT2D eigenvalue weighted by atomic mass is 19.4. The van der Waals surface area contributed by atoms with Gasteiger partial charge in [0.05, 0.1) is 0 Å². The monoisotopic (exact) mass is 260 g/mol. The largest absolute Gasteiger partial charge is 0.518 e. The molecule has 0 amide bonds. The quantitative estimate of drug-likeness (QED) is 0.753. The summed E-state index contributed by atoms with van der Waals surface area (Å²) in [5.41, 5.74) is 0. The molecule has 0 N–H and O–H groups in total. The van der Waals surface area contributed by atoms with Crippen LogP contribution in [-0.2, 0) is 16.1 Å². The number of halogens is 4. The third-order valence-corrected chi connectivity index (χ3v) is 1.78. The van der Waals surface area contributed by atoms with Gasteiger partial charge in [0.2, 0.25) is 0 Å². The molecular weight excluding hydrogens is 252 g/mol. The van der Waals surface area contributed by atoms with E-state index in [4.69, 9.17) is 0 Å². The van der Waals surface area contributed by atoms with Crippen molar-refractivity contribution >= 4 is 0 Å². The summed E-state index contributed by atoms with van der Waals surface area (Å²) in [6.45, 7) is -1.93. The topological polar surface area (TPSA) is 61.8 Å². The van der Waals surface area contributed by atoms with Crippen LogP contribution in [0, 0.1) is 0 Å². The lowest BCUT2D eigenvalue weighted by Gasteiger charge is -2.25. The Morgan fingerprint density at radius 2 is 2.00 bits per heavy atom. The maximum atomic E-state index is 13.1. The molecule has 0 fully saturated rings. The Morgan fingerprint density at radius 3 is 2.41 bits per heavy atom. The van der Waals surface area contributed by atoms with Crippen LogP contribution >= 0.6 is 0 Å². The van der Waals surface area contributed by atoms with Gasteiger partial charge in [-0.1, -0.05) is 0 Å². The molecule has 9 heteroatoms. The summed E-state index contributed by atoms with van der Waals surface area (Å²) in [4.78, 5) is 10.4. The van der Waals surface area contributed by atoms with Crippen molar-refractivity contribution in [3.05, 3.63) is 22.6 Å². The Morgan fingerprint density at radius 1 is 1.35 bits per heavy atom. The highest BCUT2D eigenvalue weighted by Crippen LogP contribution is 2.34. The van der Waals surface area contributed by atoms with Crippen LogP contribution in [0.2, 0.25) is 0 Å². The van der Waals surface area contributed by atoms with Crippen molar-refractivity contribution in [2.75, 3.05) is 13.7 Å². The first-order valence-corrected chi connectivity index (χ1v) is 4.24. The van der Waals surface area contributed by atoms with Crippen molar-refractivity contribution in [1.82, 2.24) is 0 Å². The number of alkyl halides is 4. The van der Waals surface area contributed by atoms with Crippen molar-refractivity contribution in [3.8, 4) is 0 Å². The molecule has 0 saturated carbocycles. The molecule has 0 aliphatic heterocycles. The molecule has 17 heavy (non-hydrogen) atoms. The third-order valence-electron chi connectivity index (χ3n) is 1.78. The molecule has 0 bridgehead atoms. The van der Waals surface area contributed by atoms with Crippen LogP contribution in [-0.4, -0.2) is 25.7 Å². The van der Waals surface area contributed by atoms with Gasteiger partial charge < -0.3 is 18.3 Å². The van der Waals surface area contributed by atoms with Crippen LogP contribution in [0.4, 0.5) is 17.6 Å². The Hall–Kier alpha value is -1.35. The summed E-state index contributed by atoms with van der Waals surface area (Å²) in [6, 6.07) is 0. The summed E-state index contributed by atoms with van der Waals surface area (Å²) >= 11 is 0. The predicted molar refractivity (Wildman–Crippen MR) is 43.8 cm³/mol. The fourth-order valence-electron chi connectivity index (χ4n) is 0.872. The van der Waals surface area contributed by atoms with Crippen LogP contribution in [0.25, 0.3) is 0 Å². The fourth-order valence-corrected chi connectivity index (χ4v) is 0.872. The third kappa shape index (κ3) is 3.30. The van der Waals surface area contributed by atoms with Crippen LogP contribution in [0.15, 0.2) is 19.9 Å². The zero-order valence-corrected chi connectivity index (χ0v) is 8.54. The van der Waals surface area contributed by atoms with Gasteiger partial charge in [-0.2, -0.15) is 17.6 Å². The van der Waals surface area contributed by atoms with E-state index < -0.39 is 31.1 Å². The second-order valence-electron chi connectivity index (χ2n) is 2.98. The van der Waals surface area contributed by atoms with E-state index in [2.05, 4.69) is 18.3 Å². The van der Waals surface area contributed by atoms with Crippen LogP contribution in [0.1, 0.15) is 5.76 Å². The predicted octanol–water partition coefficient (Wildman–Crippen LogP) is 1.62. The molecule has 98 valence electrons. The summed E-state index contributed by atoms with van der Waals surface area (Å²) in [6.07, 6.45) is -4.37. The summed E-state index contributed by atoms with van der Waals surface area (Å²) in [5.74, 6) is -5.09. The maximum Gasteiger partial charge on any atom is 0.518 e. The normalized spacial score (nSPS) is 15.8. The molecule has 1 aromatic heterocycles. The van der Waals surface area contributed by atoms with Crippen LogP contribution in [0.3, 0.4) is 0 Å². The van der Waals surface area contributed by atoms with E-state index >= 15 is 0 Å². The molecule has 0 aliphatic carbocycles. The number of hydrogen-bond donors (Lipinski definition) is 0.